The first-order valence-corrected chi connectivity index (χ1v) is 4.78. The Labute approximate surface area is 74.2 Å². The number of nitrogens with two attached hydrogens (primary N) is 1. The first-order chi connectivity index (χ1) is 5.79. The van der Waals surface area contributed by atoms with Gasteiger partial charge in [-0.2, -0.15) is 0 Å². The molecule has 0 spiro atoms. The minimum absolute atomic E-state index is 0.140. The van der Waals surface area contributed by atoms with E-state index in [-0.39, 0.29) is 18.2 Å². The van der Waals surface area contributed by atoms with Gasteiger partial charge in [0.25, 0.3) is 0 Å². The highest BCUT2D eigenvalue weighted by Crippen LogP contribution is 2.25. The van der Waals surface area contributed by atoms with E-state index in [1.54, 1.807) is 0 Å². The van der Waals surface area contributed by atoms with Crippen LogP contribution in [0, 0.1) is 0 Å². The third kappa shape index (κ3) is 2.19. The molecule has 3 heteroatoms. The van der Waals surface area contributed by atoms with Crippen molar-refractivity contribution in [2.75, 3.05) is 13.2 Å². The van der Waals surface area contributed by atoms with E-state index in [4.69, 9.17) is 15.2 Å². The number of hydrogen-bond acceptors (Lipinski definition) is 3. The molecule has 3 unspecified atom stereocenters. The summed E-state index contributed by atoms with van der Waals surface area (Å²) in [4.78, 5) is 0. The van der Waals surface area contributed by atoms with Gasteiger partial charge >= 0.3 is 0 Å². The van der Waals surface area contributed by atoms with E-state index in [0.29, 0.717) is 0 Å². The summed E-state index contributed by atoms with van der Waals surface area (Å²) in [6.07, 6.45) is 2.40. The molecule has 1 rings (SSSR count). The largest absolute Gasteiger partial charge is 0.375 e. The van der Waals surface area contributed by atoms with E-state index < -0.39 is 0 Å². The summed E-state index contributed by atoms with van der Waals surface area (Å²) < 4.78 is 11.0. The molecule has 1 aliphatic carbocycles. The Hall–Kier alpha value is -0.120. The van der Waals surface area contributed by atoms with Crippen LogP contribution in [0.3, 0.4) is 0 Å². The van der Waals surface area contributed by atoms with Gasteiger partial charge in [-0.1, -0.05) is 6.92 Å². The molecule has 1 fully saturated rings. The summed E-state index contributed by atoms with van der Waals surface area (Å²) in [5, 5.41) is 0. The maximum absolute atomic E-state index is 5.77. The summed E-state index contributed by atoms with van der Waals surface area (Å²) in [5.41, 5.74) is 5.77. The Bertz CT molecular complexity index is 130. The zero-order chi connectivity index (χ0) is 8.97. The zero-order valence-corrected chi connectivity index (χ0v) is 7.95. The molecule has 0 aliphatic heterocycles. The average Bonchev–Trinajstić information content (AvgIpc) is 2.08. The molecule has 0 bridgehead atoms. The van der Waals surface area contributed by atoms with Gasteiger partial charge in [-0.25, -0.2) is 0 Å². The second-order valence-corrected chi connectivity index (χ2v) is 3.23. The average molecular weight is 173 g/mol. The Morgan fingerprint density at radius 1 is 1.33 bits per heavy atom. The predicted molar refractivity (Wildman–Crippen MR) is 48.0 cm³/mol. The van der Waals surface area contributed by atoms with Crippen molar-refractivity contribution in [1.29, 1.82) is 0 Å². The minimum Gasteiger partial charge on any atom is -0.375 e. The lowest BCUT2D eigenvalue weighted by Gasteiger charge is -2.41. The van der Waals surface area contributed by atoms with Crippen LogP contribution in [0.15, 0.2) is 0 Å². The maximum atomic E-state index is 5.77. The molecule has 0 radical (unpaired) electrons. The fourth-order valence-corrected chi connectivity index (χ4v) is 1.47. The van der Waals surface area contributed by atoms with Crippen LogP contribution in [0.2, 0.25) is 0 Å². The molecule has 0 saturated heterocycles. The monoisotopic (exact) mass is 173 g/mol. The van der Waals surface area contributed by atoms with Gasteiger partial charge < -0.3 is 15.2 Å². The minimum atomic E-state index is 0.140. The van der Waals surface area contributed by atoms with Crippen LogP contribution < -0.4 is 5.73 Å². The van der Waals surface area contributed by atoms with Gasteiger partial charge in [-0.3, -0.25) is 0 Å². The van der Waals surface area contributed by atoms with Crippen LogP contribution in [0.5, 0.6) is 0 Å². The van der Waals surface area contributed by atoms with E-state index in [1.165, 1.54) is 0 Å². The lowest BCUT2D eigenvalue weighted by Crippen LogP contribution is -2.58. The molecule has 0 aromatic heterocycles. The standard InChI is InChI=1S/C9H19NO2/c1-3-5-12-8-6-7(10)9(8)11-4-2/h7-9H,3-6,10H2,1-2H3. The normalized spacial score (nSPS) is 34.8. The molecule has 1 saturated carbocycles. The van der Waals surface area contributed by atoms with Gasteiger partial charge in [0.1, 0.15) is 0 Å². The molecule has 0 aromatic carbocycles. The predicted octanol–water partition coefficient (Wildman–Crippen LogP) is 0.918. The van der Waals surface area contributed by atoms with Crippen molar-refractivity contribution in [2.24, 2.45) is 5.73 Å². The molecule has 3 nitrogen and oxygen atoms in total. The molecule has 72 valence electrons. The summed E-state index contributed by atoms with van der Waals surface area (Å²) >= 11 is 0. The Morgan fingerprint density at radius 3 is 2.58 bits per heavy atom. The SMILES string of the molecule is CCCOC1CC(N)C1OCC. The van der Waals surface area contributed by atoms with Gasteiger partial charge in [0.2, 0.25) is 0 Å². The highest BCUT2D eigenvalue weighted by atomic mass is 16.5. The van der Waals surface area contributed by atoms with E-state index in [0.717, 1.165) is 26.1 Å². The summed E-state index contributed by atoms with van der Waals surface area (Å²) in [6.45, 7) is 5.64. The Morgan fingerprint density at radius 2 is 2.08 bits per heavy atom. The first kappa shape index (κ1) is 9.96. The summed E-state index contributed by atoms with van der Waals surface area (Å²) in [7, 11) is 0. The van der Waals surface area contributed by atoms with E-state index >= 15 is 0 Å². The van der Waals surface area contributed by atoms with E-state index in [2.05, 4.69) is 6.92 Å². The topological polar surface area (TPSA) is 44.5 Å². The fourth-order valence-electron chi connectivity index (χ4n) is 1.47. The van der Waals surface area contributed by atoms with Crippen molar-refractivity contribution in [2.45, 2.75) is 44.9 Å². The molecule has 2 N–H and O–H groups in total. The fraction of sp³-hybridized carbons (Fsp3) is 1.00. The van der Waals surface area contributed by atoms with Gasteiger partial charge in [0, 0.05) is 19.3 Å². The van der Waals surface area contributed by atoms with E-state index in [9.17, 15) is 0 Å². The van der Waals surface area contributed by atoms with Crippen LogP contribution in [0.4, 0.5) is 0 Å². The van der Waals surface area contributed by atoms with Crippen molar-refractivity contribution in [3.63, 3.8) is 0 Å². The smallest absolute Gasteiger partial charge is 0.0988 e. The molecule has 3 atom stereocenters. The third-order valence-electron chi connectivity index (χ3n) is 2.19. The highest BCUT2D eigenvalue weighted by molar-refractivity contribution is 4.94. The quantitative estimate of drug-likeness (QED) is 0.672. The molecular weight excluding hydrogens is 154 g/mol. The summed E-state index contributed by atoms with van der Waals surface area (Å²) in [6, 6.07) is 0.187. The van der Waals surface area contributed by atoms with Crippen molar-refractivity contribution < 1.29 is 9.47 Å². The van der Waals surface area contributed by atoms with Crippen molar-refractivity contribution in [3.05, 3.63) is 0 Å². The van der Waals surface area contributed by atoms with Crippen LogP contribution in [-0.2, 0) is 9.47 Å². The molecule has 0 aromatic rings. The van der Waals surface area contributed by atoms with Gasteiger partial charge in [0.05, 0.1) is 12.2 Å². The Balaban J connectivity index is 2.18. The zero-order valence-electron chi connectivity index (χ0n) is 7.95. The number of rotatable bonds is 5. The summed E-state index contributed by atoms with van der Waals surface area (Å²) in [5.74, 6) is 0. The van der Waals surface area contributed by atoms with Crippen LogP contribution in [0.25, 0.3) is 0 Å². The number of hydrogen-bond donors (Lipinski definition) is 1. The van der Waals surface area contributed by atoms with Crippen molar-refractivity contribution >= 4 is 0 Å². The lowest BCUT2D eigenvalue weighted by molar-refractivity contribution is -0.136. The van der Waals surface area contributed by atoms with E-state index in [1.807, 2.05) is 6.92 Å². The first-order valence-electron chi connectivity index (χ1n) is 4.78. The van der Waals surface area contributed by atoms with Gasteiger partial charge in [-0.15, -0.1) is 0 Å². The third-order valence-corrected chi connectivity index (χ3v) is 2.19. The van der Waals surface area contributed by atoms with Crippen LogP contribution in [0.1, 0.15) is 26.7 Å². The lowest BCUT2D eigenvalue weighted by atomic mass is 9.86. The van der Waals surface area contributed by atoms with Gasteiger partial charge in [0.15, 0.2) is 0 Å². The van der Waals surface area contributed by atoms with Crippen LogP contribution >= 0.6 is 0 Å². The second kappa shape index (κ2) is 4.80. The van der Waals surface area contributed by atoms with Crippen molar-refractivity contribution in [1.82, 2.24) is 0 Å². The maximum Gasteiger partial charge on any atom is 0.0988 e. The van der Waals surface area contributed by atoms with Crippen LogP contribution in [-0.4, -0.2) is 31.5 Å². The molecular formula is C9H19NO2. The highest BCUT2D eigenvalue weighted by Gasteiger charge is 2.39. The second-order valence-electron chi connectivity index (χ2n) is 3.23. The molecule has 12 heavy (non-hydrogen) atoms. The Kier molecular flexibility index (Phi) is 3.98. The van der Waals surface area contributed by atoms with Crippen molar-refractivity contribution in [3.8, 4) is 0 Å². The molecule has 1 aliphatic rings. The van der Waals surface area contributed by atoms with Gasteiger partial charge in [-0.05, 0) is 19.8 Å². The number of ether oxygens (including phenoxy) is 2. The molecule has 0 amide bonds. The molecule has 0 heterocycles.